The van der Waals surface area contributed by atoms with E-state index in [1.165, 1.54) is 6.92 Å². The number of ether oxygens (including phenoxy) is 1. The minimum atomic E-state index is -1.35. The van der Waals surface area contributed by atoms with E-state index in [-0.39, 0.29) is 6.42 Å². The molecule has 3 heteroatoms. The van der Waals surface area contributed by atoms with E-state index in [4.69, 9.17) is 4.74 Å². The Morgan fingerprint density at radius 3 is 2.85 bits per heavy atom. The van der Waals surface area contributed by atoms with Crippen molar-refractivity contribution in [3.63, 3.8) is 0 Å². The molecule has 0 aliphatic rings. The number of halogens is 1. The predicted molar refractivity (Wildman–Crippen MR) is 47.4 cm³/mol. The first kappa shape index (κ1) is 9.71. The van der Waals surface area contributed by atoms with E-state index in [0.717, 1.165) is 6.29 Å². The van der Waals surface area contributed by atoms with Gasteiger partial charge in [-0.25, -0.2) is 4.39 Å². The molecular weight excluding hydrogens is 171 g/mol. The Kier molecular flexibility index (Phi) is 3.43. The predicted octanol–water partition coefficient (Wildman–Crippen LogP) is 2.12. The average molecular weight is 182 g/mol. The number of aldehydes is 1. The number of alkyl halides is 1. The van der Waals surface area contributed by atoms with E-state index >= 15 is 0 Å². The standard InChI is InChI=1S/C10H11FO2/c1-8(11)13-10-5-3-2-4-9(10)6-7-12/h2-5,7-8H,6H2,1H3. The first-order valence-electron chi connectivity index (χ1n) is 4.06. The lowest BCUT2D eigenvalue weighted by atomic mass is 10.1. The Bertz CT molecular complexity index is 284. The van der Waals surface area contributed by atoms with Crippen molar-refractivity contribution >= 4 is 6.29 Å². The minimum absolute atomic E-state index is 0.253. The maximum atomic E-state index is 12.5. The van der Waals surface area contributed by atoms with E-state index in [1.54, 1.807) is 24.3 Å². The van der Waals surface area contributed by atoms with Crippen molar-refractivity contribution in [2.75, 3.05) is 0 Å². The molecule has 0 heterocycles. The highest BCUT2D eigenvalue weighted by Gasteiger charge is 2.05. The number of hydrogen-bond acceptors (Lipinski definition) is 2. The van der Waals surface area contributed by atoms with Gasteiger partial charge in [0, 0.05) is 18.9 Å². The first-order valence-corrected chi connectivity index (χ1v) is 4.06. The Morgan fingerprint density at radius 2 is 2.23 bits per heavy atom. The van der Waals surface area contributed by atoms with Crippen molar-refractivity contribution in [3.8, 4) is 5.75 Å². The van der Waals surface area contributed by atoms with E-state index in [0.29, 0.717) is 11.3 Å². The van der Waals surface area contributed by atoms with Gasteiger partial charge in [0.25, 0.3) is 0 Å². The summed E-state index contributed by atoms with van der Waals surface area (Å²) in [7, 11) is 0. The van der Waals surface area contributed by atoms with Crippen LogP contribution in [0, 0.1) is 0 Å². The largest absolute Gasteiger partial charge is 0.460 e. The van der Waals surface area contributed by atoms with Gasteiger partial charge in [-0.3, -0.25) is 0 Å². The summed E-state index contributed by atoms with van der Waals surface area (Å²) in [5.74, 6) is 0.435. The number of carbonyl (C=O) groups is 1. The molecule has 2 nitrogen and oxygen atoms in total. The van der Waals surface area contributed by atoms with E-state index in [1.807, 2.05) is 0 Å². The molecule has 13 heavy (non-hydrogen) atoms. The second kappa shape index (κ2) is 4.60. The summed E-state index contributed by atoms with van der Waals surface area (Å²) >= 11 is 0. The van der Waals surface area contributed by atoms with Gasteiger partial charge >= 0.3 is 0 Å². The summed E-state index contributed by atoms with van der Waals surface area (Å²) < 4.78 is 17.4. The zero-order valence-electron chi connectivity index (χ0n) is 7.37. The average Bonchev–Trinajstić information content (AvgIpc) is 2.08. The molecular formula is C10H11FO2. The molecule has 1 aromatic carbocycles. The molecule has 1 rings (SSSR count). The van der Waals surface area contributed by atoms with Crippen LogP contribution in [0.5, 0.6) is 5.75 Å². The normalized spacial score (nSPS) is 12.2. The number of hydrogen-bond donors (Lipinski definition) is 0. The summed E-state index contributed by atoms with van der Waals surface area (Å²) in [5.41, 5.74) is 0.710. The van der Waals surface area contributed by atoms with Gasteiger partial charge in [-0.05, 0) is 6.07 Å². The molecule has 0 N–H and O–H groups in total. The third-order valence-corrected chi connectivity index (χ3v) is 1.57. The van der Waals surface area contributed by atoms with Crippen molar-refractivity contribution in [1.82, 2.24) is 0 Å². The van der Waals surface area contributed by atoms with Crippen LogP contribution in [-0.2, 0) is 11.2 Å². The molecule has 0 saturated carbocycles. The van der Waals surface area contributed by atoms with Crippen LogP contribution in [0.3, 0.4) is 0 Å². The quantitative estimate of drug-likeness (QED) is 0.667. The molecule has 0 spiro atoms. The third kappa shape index (κ3) is 2.86. The number of carbonyl (C=O) groups excluding carboxylic acids is 1. The highest BCUT2D eigenvalue weighted by molar-refractivity contribution is 5.57. The van der Waals surface area contributed by atoms with Gasteiger partial charge in [-0.1, -0.05) is 18.2 Å². The van der Waals surface area contributed by atoms with Crippen LogP contribution in [-0.4, -0.2) is 12.6 Å². The SMILES string of the molecule is CC(F)Oc1ccccc1CC=O. The van der Waals surface area contributed by atoms with E-state index < -0.39 is 6.36 Å². The van der Waals surface area contributed by atoms with Crippen LogP contribution in [0.4, 0.5) is 4.39 Å². The van der Waals surface area contributed by atoms with Crippen molar-refractivity contribution in [1.29, 1.82) is 0 Å². The molecule has 1 aromatic rings. The Hall–Kier alpha value is -1.38. The van der Waals surface area contributed by atoms with Crippen LogP contribution >= 0.6 is 0 Å². The molecule has 0 saturated heterocycles. The Morgan fingerprint density at radius 1 is 1.54 bits per heavy atom. The summed E-state index contributed by atoms with van der Waals surface area (Å²) in [4.78, 5) is 10.3. The van der Waals surface area contributed by atoms with Crippen molar-refractivity contribution in [3.05, 3.63) is 29.8 Å². The van der Waals surface area contributed by atoms with Gasteiger partial charge in [0.15, 0.2) is 0 Å². The molecule has 0 aliphatic heterocycles. The summed E-state index contributed by atoms with van der Waals surface area (Å²) in [6.07, 6.45) is -0.332. The van der Waals surface area contributed by atoms with Crippen LogP contribution in [0.2, 0.25) is 0 Å². The smallest absolute Gasteiger partial charge is 0.235 e. The molecule has 70 valence electrons. The van der Waals surface area contributed by atoms with Crippen molar-refractivity contribution in [2.24, 2.45) is 0 Å². The molecule has 0 aliphatic carbocycles. The second-order valence-corrected chi connectivity index (χ2v) is 2.64. The van der Waals surface area contributed by atoms with Gasteiger partial charge in [0.1, 0.15) is 12.0 Å². The second-order valence-electron chi connectivity index (χ2n) is 2.64. The molecule has 0 bridgehead atoms. The summed E-state index contributed by atoms with van der Waals surface area (Å²) in [6.45, 7) is 1.30. The monoisotopic (exact) mass is 182 g/mol. The molecule has 0 amide bonds. The lowest BCUT2D eigenvalue weighted by Crippen LogP contribution is -2.05. The topological polar surface area (TPSA) is 26.3 Å². The lowest BCUT2D eigenvalue weighted by molar-refractivity contribution is -0.107. The highest BCUT2D eigenvalue weighted by Crippen LogP contribution is 2.19. The number of rotatable bonds is 4. The summed E-state index contributed by atoms with van der Waals surface area (Å²) in [6, 6.07) is 6.92. The zero-order valence-corrected chi connectivity index (χ0v) is 7.37. The lowest BCUT2D eigenvalue weighted by Gasteiger charge is -2.09. The fourth-order valence-electron chi connectivity index (χ4n) is 1.05. The number of benzene rings is 1. The number of para-hydroxylation sites is 1. The fraction of sp³-hybridized carbons (Fsp3) is 0.300. The van der Waals surface area contributed by atoms with Crippen molar-refractivity contribution in [2.45, 2.75) is 19.7 Å². The molecule has 0 aromatic heterocycles. The van der Waals surface area contributed by atoms with Crippen LogP contribution < -0.4 is 4.74 Å². The van der Waals surface area contributed by atoms with Crippen LogP contribution in [0.15, 0.2) is 24.3 Å². The molecule has 1 unspecified atom stereocenters. The maximum absolute atomic E-state index is 12.5. The van der Waals surface area contributed by atoms with Gasteiger partial charge in [0.2, 0.25) is 6.36 Å². The van der Waals surface area contributed by atoms with Gasteiger partial charge < -0.3 is 9.53 Å². The molecule has 0 fully saturated rings. The Labute approximate surface area is 76.3 Å². The summed E-state index contributed by atoms with van der Waals surface area (Å²) in [5, 5.41) is 0. The molecule has 0 radical (unpaired) electrons. The van der Waals surface area contributed by atoms with Crippen molar-refractivity contribution < 1.29 is 13.9 Å². The van der Waals surface area contributed by atoms with Crippen LogP contribution in [0.25, 0.3) is 0 Å². The van der Waals surface area contributed by atoms with Gasteiger partial charge in [0.05, 0.1) is 0 Å². The molecule has 1 atom stereocenters. The first-order chi connectivity index (χ1) is 6.24. The third-order valence-electron chi connectivity index (χ3n) is 1.57. The van der Waals surface area contributed by atoms with E-state index in [2.05, 4.69) is 0 Å². The fourth-order valence-corrected chi connectivity index (χ4v) is 1.05. The van der Waals surface area contributed by atoms with Gasteiger partial charge in [-0.15, -0.1) is 0 Å². The Balaban J connectivity index is 2.83. The van der Waals surface area contributed by atoms with E-state index in [9.17, 15) is 9.18 Å². The zero-order chi connectivity index (χ0) is 9.68. The van der Waals surface area contributed by atoms with Gasteiger partial charge in [-0.2, -0.15) is 0 Å². The van der Waals surface area contributed by atoms with Crippen LogP contribution in [0.1, 0.15) is 12.5 Å². The minimum Gasteiger partial charge on any atom is -0.460 e. The maximum Gasteiger partial charge on any atom is 0.235 e. The highest BCUT2D eigenvalue weighted by atomic mass is 19.1.